The summed E-state index contributed by atoms with van der Waals surface area (Å²) in [4.78, 5) is 0. The second kappa shape index (κ2) is 7.59. The van der Waals surface area contributed by atoms with Crippen molar-refractivity contribution >= 4 is 10.8 Å². The van der Waals surface area contributed by atoms with Gasteiger partial charge in [-0.2, -0.15) is 11.6 Å². The zero-order valence-electron chi connectivity index (χ0n) is 9.72. The molecule has 0 bridgehead atoms. The second-order valence-corrected chi connectivity index (χ2v) is 3.98. The minimum Gasteiger partial charge on any atom is -1.00 e. The molecule has 3 heteroatoms. The van der Waals surface area contributed by atoms with Crippen LogP contribution in [0.5, 0.6) is 0 Å². The van der Waals surface area contributed by atoms with Crippen molar-refractivity contribution in [3.05, 3.63) is 41.5 Å². The Labute approximate surface area is 129 Å². The van der Waals surface area contributed by atoms with Gasteiger partial charge in [0.1, 0.15) is 0 Å². The maximum atomic E-state index is 2.25. The molecule has 0 saturated heterocycles. The molecule has 0 spiro atoms. The molecule has 0 aromatic heterocycles. The Morgan fingerprint density at radius 2 is 1.75 bits per heavy atom. The fourth-order valence-corrected chi connectivity index (χ4v) is 1.96. The molecular formula is C13H15Cl2Zr. The Morgan fingerprint density at radius 1 is 1.12 bits per heavy atom. The standard InChI is InChI=1S/C13H15.2ClH.Zr/c1-9(2)12-6-4-5-11-8-7-10(3)13(11)12;;;/h4-9H,1-3H3;2*1H;/q-1;;;+3/p-2. The van der Waals surface area contributed by atoms with Gasteiger partial charge in [0, 0.05) is 0 Å². The van der Waals surface area contributed by atoms with E-state index in [1.54, 1.807) is 0 Å². The zero-order valence-corrected chi connectivity index (χ0v) is 13.7. The largest absolute Gasteiger partial charge is 3.00 e. The summed E-state index contributed by atoms with van der Waals surface area (Å²) in [7, 11) is 0. The summed E-state index contributed by atoms with van der Waals surface area (Å²) in [5, 5.41) is 2.83. The van der Waals surface area contributed by atoms with E-state index in [2.05, 4.69) is 51.1 Å². The summed E-state index contributed by atoms with van der Waals surface area (Å²) in [5.41, 5.74) is 2.87. The zero-order chi connectivity index (χ0) is 9.42. The van der Waals surface area contributed by atoms with Gasteiger partial charge < -0.3 is 24.8 Å². The molecule has 0 aliphatic carbocycles. The minimum absolute atomic E-state index is 0. The van der Waals surface area contributed by atoms with Crippen molar-refractivity contribution in [2.24, 2.45) is 0 Å². The van der Waals surface area contributed by atoms with Crippen molar-refractivity contribution in [1.82, 2.24) is 0 Å². The van der Waals surface area contributed by atoms with Crippen molar-refractivity contribution in [2.45, 2.75) is 26.7 Å². The number of hydrogen-bond acceptors (Lipinski definition) is 0. The third-order valence-corrected chi connectivity index (χ3v) is 2.66. The van der Waals surface area contributed by atoms with Crippen molar-refractivity contribution in [3.63, 3.8) is 0 Å². The molecule has 2 aromatic carbocycles. The molecule has 2 rings (SSSR count). The fourth-order valence-electron chi connectivity index (χ4n) is 1.96. The van der Waals surface area contributed by atoms with Gasteiger partial charge in [-0.25, -0.2) is 0 Å². The van der Waals surface area contributed by atoms with E-state index in [9.17, 15) is 0 Å². The van der Waals surface area contributed by atoms with Crippen LogP contribution in [0.2, 0.25) is 0 Å². The molecule has 0 unspecified atom stereocenters. The second-order valence-electron chi connectivity index (χ2n) is 3.98. The van der Waals surface area contributed by atoms with Crippen LogP contribution >= 0.6 is 0 Å². The average molecular weight is 333 g/mol. The Bertz CT molecular complexity index is 432. The number of halogens is 2. The molecule has 0 amide bonds. The van der Waals surface area contributed by atoms with E-state index in [-0.39, 0.29) is 51.0 Å². The van der Waals surface area contributed by atoms with Crippen LogP contribution < -0.4 is 24.8 Å². The molecule has 0 aliphatic rings. The molecule has 0 saturated carbocycles. The van der Waals surface area contributed by atoms with Gasteiger partial charge in [0.2, 0.25) is 0 Å². The molecule has 1 radical (unpaired) electrons. The van der Waals surface area contributed by atoms with E-state index < -0.39 is 0 Å². The number of rotatable bonds is 1. The maximum absolute atomic E-state index is 2.25. The summed E-state index contributed by atoms with van der Waals surface area (Å²) in [6.07, 6.45) is 0. The topological polar surface area (TPSA) is 0 Å². The molecule has 0 aliphatic heterocycles. The average Bonchev–Trinajstić information content (AvgIpc) is 2.48. The molecule has 0 heterocycles. The number of fused-ring (bicyclic) bond motifs is 1. The molecule has 0 nitrogen and oxygen atoms in total. The van der Waals surface area contributed by atoms with Crippen LogP contribution in [0.4, 0.5) is 0 Å². The smallest absolute Gasteiger partial charge is 1.00 e. The number of hydrogen-bond donors (Lipinski definition) is 0. The van der Waals surface area contributed by atoms with Gasteiger partial charge in [-0.15, -0.1) is 29.0 Å². The van der Waals surface area contributed by atoms with Gasteiger partial charge in [-0.05, 0) is 5.92 Å². The van der Waals surface area contributed by atoms with Crippen LogP contribution in [0, 0.1) is 6.92 Å². The van der Waals surface area contributed by atoms with Crippen LogP contribution in [0.25, 0.3) is 10.8 Å². The monoisotopic (exact) mass is 331 g/mol. The van der Waals surface area contributed by atoms with E-state index in [1.807, 2.05) is 0 Å². The van der Waals surface area contributed by atoms with Crippen LogP contribution in [0.15, 0.2) is 30.3 Å². The Morgan fingerprint density at radius 3 is 2.31 bits per heavy atom. The first-order valence-electron chi connectivity index (χ1n) is 4.85. The van der Waals surface area contributed by atoms with Gasteiger partial charge in [0.15, 0.2) is 0 Å². The summed E-state index contributed by atoms with van der Waals surface area (Å²) in [5.74, 6) is 0.616. The first kappa shape index (κ1) is 18.7. The molecule has 0 atom stereocenters. The van der Waals surface area contributed by atoms with E-state index in [0.717, 1.165) is 0 Å². The summed E-state index contributed by atoms with van der Waals surface area (Å²) < 4.78 is 0. The molecule has 85 valence electrons. The van der Waals surface area contributed by atoms with E-state index in [1.165, 1.54) is 21.9 Å². The first-order chi connectivity index (χ1) is 6.20. The summed E-state index contributed by atoms with van der Waals surface area (Å²) >= 11 is 0. The molecule has 2 aromatic rings. The number of aryl methyl sites for hydroxylation is 1. The van der Waals surface area contributed by atoms with Crippen LogP contribution in [0.3, 0.4) is 0 Å². The van der Waals surface area contributed by atoms with Gasteiger partial charge in [0.25, 0.3) is 0 Å². The summed E-state index contributed by atoms with van der Waals surface area (Å²) in [6, 6.07) is 11.0. The van der Waals surface area contributed by atoms with E-state index >= 15 is 0 Å². The number of benzene rings is 1. The van der Waals surface area contributed by atoms with Gasteiger partial charge in [0.05, 0.1) is 0 Å². The van der Waals surface area contributed by atoms with Crippen LogP contribution in [0.1, 0.15) is 30.9 Å². The Kier molecular flexibility index (Phi) is 8.84. The SMILES string of the molecule is Cc1c[cH-]c2cccc(C(C)C)c12.[Cl-].[Cl-].[Zr+3]. The third kappa shape index (κ3) is 3.39. The van der Waals surface area contributed by atoms with Gasteiger partial charge in [-0.3, -0.25) is 0 Å². The fraction of sp³-hybridized carbons (Fsp3) is 0.308. The maximum Gasteiger partial charge on any atom is 3.00 e. The van der Waals surface area contributed by atoms with Crippen molar-refractivity contribution < 1.29 is 51.0 Å². The Balaban J connectivity index is 0. The molecule has 0 N–H and O–H groups in total. The van der Waals surface area contributed by atoms with Crippen molar-refractivity contribution in [2.75, 3.05) is 0 Å². The third-order valence-electron chi connectivity index (χ3n) is 2.66. The molecule has 16 heavy (non-hydrogen) atoms. The van der Waals surface area contributed by atoms with Crippen LogP contribution in [-0.2, 0) is 26.2 Å². The Hall–Kier alpha value is 0.293. The predicted octanol–water partition coefficient (Wildman–Crippen LogP) is -2.00. The van der Waals surface area contributed by atoms with E-state index in [4.69, 9.17) is 0 Å². The normalized spacial score (nSPS) is 9.25. The van der Waals surface area contributed by atoms with Crippen molar-refractivity contribution in [3.8, 4) is 0 Å². The van der Waals surface area contributed by atoms with Crippen LogP contribution in [-0.4, -0.2) is 0 Å². The van der Waals surface area contributed by atoms with Crippen molar-refractivity contribution in [1.29, 1.82) is 0 Å². The quantitative estimate of drug-likeness (QED) is 0.530. The van der Waals surface area contributed by atoms with Gasteiger partial charge in [-0.1, -0.05) is 32.4 Å². The molecular weight excluding hydrogens is 318 g/mol. The van der Waals surface area contributed by atoms with Gasteiger partial charge >= 0.3 is 26.2 Å². The summed E-state index contributed by atoms with van der Waals surface area (Å²) in [6.45, 7) is 6.69. The van der Waals surface area contributed by atoms with E-state index in [0.29, 0.717) is 5.92 Å². The minimum atomic E-state index is 0. The molecule has 0 fully saturated rings. The predicted molar refractivity (Wildman–Crippen MR) is 58.4 cm³/mol. The first-order valence-corrected chi connectivity index (χ1v) is 4.85.